The van der Waals surface area contributed by atoms with Gasteiger partial charge in [-0.1, -0.05) is 11.6 Å². The predicted molar refractivity (Wildman–Crippen MR) is 58.5 cm³/mol. The van der Waals surface area contributed by atoms with Crippen molar-refractivity contribution in [3.8, 4) is 0 Å². The van der Waals surface area contributed by atoms with Gasteiger partial charge in [-0.05, 0) is 26.1 Å². The topological polar surface area (TPSA) is 24.9 Å². The fourth-order valence-electron chi connectivity index (χ4n) is 0.741. The van der Waals surface area contributed by atoms with Crippen LogP contribution in [0.15, 0.2) is 23.4 Å². The van der Waals surface area contributed by atoms with Crippen LogP contribution in [0.4, 0.5) is 0 Å². The van der Waals surface area contributed by atoms with Crippen molar-refractivity contribution in [1.29, 1.82) is 0 Å². The molecule has 0 bridgehead atoms. The number of pyridine rings is 1. The number of rotatable bonds is 4. The van der Waals surface area contributed by atoms with E-state index in [0.717, 1.165) is 10.8 Å². The second kappa shape index (κ2) is 5.47. The first kappa shape index (κ1) is 10.8. The molecule has 1 N–H and O–H groups in total. The quantitative estimate of drug-likeness (QED) is 0.783. The monoisotopic (exact) mass is 216 g/mol. The van der Waals surface area contributed by atoms with Crippen LogP contribution in [-0.2, 0) is 0 Å². The molecule has 0 saturated carbocycles. The Morgan fingerprint density at radius 2 is 2.38 bits per heavy atom. The summed E-state index contributed by atoms with van der Waals surface area (Å²) >= 11 is 7.45. The number of hydrogen-bond donors (Lipinski definition) is 1. The summed E-state index contributed by atoms with van der Waals surface area (Å²) in [5, 5.41) is 4.88. The maximum atomic E-state index is 5.72. The lowest BCUT2D eigenvalue weighted by molar-refractivity contribution is 0.677. The van der Waals surface area contributed by atoms with Gasteiger partial charge in [0.25, 0.3) is 0 Å². The summed E-state index contributed by atoms with van der Waals surface area (Å²) in [6, 6.07) is 4.30. The summed E-state index contributed by atoms with van der Waals surface area (Å²) in [5.41, 5.74) is 0. The number of nitrogens with zero attached hydrogens (tertiary/aromatic N) is 1. The van der Waals surface area contributed by atoms with Crippen LogP contribution in [0.3, 0.4) is 0 Å². The number of nitrogens with one attached hydrogen (secondary N) is 1. The molecular formula is C9H13ClN2S. The van der Waals surface area contributed by atoms with Gasteiger partial charge in [-0.3, -0.25) is 0 Å². The van der Waals surface area contributed by atoms with Gasteiger partial charge in [-0.15, -0.1) is 11.8 Å². The highest BCUT2D eigenvalue weighted by molar-refractivity contribution is 7.99. The summed E-state index contributed by atoms with van der Waals surface area (Å²) in [6.07, 6.45) is 1.67. The molecule has 0 radical (unpaired) electrons. The van der Waals surface area contributed by atoms with Gasteiger partial charge in [0.05, 0.1) is 10.0 Å². The zero-order valence-corrected chi connectivity index (χ0v) is 9.32. The van der Waals surface area contributed by atoms with Crippen molar-refractivity contribution in [1.82, 2.24) is 10.3 Å². The van der Waals surface area contributed by atoms with Gasteiger partial charge in [0, 0.05) is 18.0 Å². The van der Waals surface area contributed by atoms with Gasteiger partial charge in [0.15, 0.2) is 0 Å². The van der Waals surface area contributed by atoms with Crippen molar-refractivity contribution >= 4 is 23.4 Å². The van der Waals surface area contributed by atoms with Crippen molar-refractivity contribution in [3.05, 3.63) is 23.4 Å². The molecule has 0 aromatic carbocycles. The van der Waals surface area contributed by atoms with Gasteiger partial charge < -0.3 is 5.32 Å². The average molecular weight is 217 g/mol. The van der Waals surface area contributed by atoms with Crippen molar-refractivity contribution in [2.24, 2.45) is 0 Å². The molecule has 1 unspecified atom stereocenters. The molecule has 0 aliphatic heterocycles. The summed E-state index contributed by atoms with van der Waals surface area (Å²) in [4.78, 5) is 4.19. The highest BCUT2D eigenvalue weighted by atomic mass is 35.5. The second-order valence-corrected chi connectivity index (χ2v) is 4.29. The molecule has 0 aliphatic rings. The van der Waals surface area contributed by atoms with Gasteiger partial charge in [-0.25, -0.2) is 4.98 Å². The molecule has 1 rings (SSSR count). The van der Waals surface area contributed by atoms with Crippen molar-refractivity contribution in [2.75, 3.05) is 12.8 Å². The van der Waals surface area contributed by atoms with E-state index in [1.165, 1.54) is 0 Å². The molecule has 0 spiro atoms. The van der Waals surface area contributed by atoms with E-state index in [1.807, 2.05) is 19.2 Å². The maximum Gasteiger partial charge on any atom is 0.0961 e. The molecule has 1 heterocycles. The Labute approximate surface area is 88.1 Å². The first-order valence-corrected chi connectivity index (χ1v) is 5.50. The highest BCUT2D eigenvalue weighted by Crippen LogP contribution is 2.17. The summed E-state index contributed by atoms with van der Waals surface area (Å²) in [5.74, 6) is 1.02. The summed E-state index contributed by atoms with van der Waals surface area (Å²) < 4.78 is 0. The van der Waals surface area contributed by atoms with Crippen LogP contribution in [0.5, 0.6) is 0 Å². The van der Waals surface area contributed by atoms with E-state index in [1.54, 1.807) is 18.0 Å². The molecule has 0 amide bonds. The number of hydrogen-bond acceptors (Lipinski definition) is 3. The minimum absolute atomic E-state index is 0.502. The highest BCUT2D eigenvalue weighted by Gasteiger charge is 2.00. The van der Waals surface area contributed by atoms with E-state index in [2.05, 4.69) is 17.2 Å². The van der Waals surface area contributed by atoms with E-state index in [0.29, 0.717) is 11.1 Å². The van der Waals surface area contributed by atoms with Crippen LogP contribution < -0.4 is 5.32 Å². The Bertz CT molecular complexity index is 250. The Hall–Kier alpha value is -0.250. The van der Waals surface area contributed by atoms with Crippen LogP contribution in [0.1, 0.15) is 6.92 Å². The predicted octanol–water partition coefficient (Wildman–Crippen LogP) is 2.44. The fourth-order valence-corrected chi connectivity index (χ4v) is 1.73. The molecule has 72 valence electrons. The van der Waals surface area contributed by atoms with E-state index < -0.39 is 0 Å². The van der Waals surface area contributed by atoms with Gasteiger partial charge in [0.1, 0.15) is 0 Å². The fraction of sp³-hybridized carbons (Fsp3) is 0.444. The smallest absolute Gasteiger partial charge is 0.0961 e. The standard InChI is InChI=1S/C9H13ClN2S/c1-7(11-2)6-13-9-4-3-8(10)5-12-9/h3-5,7,11H,6H2,1-2H3. The van der Waals surface area contributed by atoms with Crippen LogP contribution in [0.2, 0.25) is 5.02 Å². The molecule has 0 saturated heterocycles. The SMILES string of the molecule is CNC(C)CSc1ccc(Cl)cn1. The zero-order chi connectivity index (χ0) is 9.68. The Kier molecular flexibility index (Phi) is 4.56. The molecule has 4 heteroatoms. The molecule has 1 aromatic rings. The van der Waals surface area contributed by atoms with E-state index in [-0.39, 0.29) is 0 Å². The lowest BCUT2D eigenvalue weighted by Gasteiger charge is -2.08. The maximum absolute atomic E-state index is 5.72. The minimum Gasteiger partial charge on any atom is -0.316 e. The van der Waals surface area contributed by atoms with Crippen molar-refractivity contribution in [3.63, 3.8) is 0 Å². The van der Waals surface area contributed by atoms with Crippen LogP contribution in [0.25, 0.3) is 0 Å². The number of halogens is 1. The molecule has 1 atom stereocenters. The van der Waals surface area contributed by atoms with Gasteiger partial charge in [-0.2, -0.15) is 0 Å². The van der Waals surface area contributed by atoms with Crippen molar-refractivity contribution < 1.29 is 0 Å². The van der Waals surface area contributed by atoms with Crippen LogP contribution in [0, 0.1) is 0 Å². The second-order valence-electron chi connectivity index (χ2n) is 2.82. The zero-order valence-electron chi connectivity index (χ0n) is 7.75. The van der Waals surface area contributed by atoms with Gasteiger partial charge >= 0.3 is 0 Å². The molecule has 13 heavy (non-hydrogen) atoms. The third kappa shape index (κ3) is 3.98. The molecular weight excluding hydrogens is 204 g/mol. The third-order valence-corrected chi connectivity index (χ3v) is 3.10. The Morgan fingerprint density at radius 1 is 1.62 bits per heavy atom. The number of thioether (sulfide) groups is 1. The van der Waals surface area contributed by atoms with E-state index in [4.69, 9.17) is 11.6 Å². The largest absolute Gasteiger partial charge is 0.316 e. The van der Waals surface area contributed by atoms with Gasteiger partial charge in [0.2, 0.25) is 0 Å². The molecule has 2 nitrogen and oxygen atoms in total. The lowest BCUT2D eigenvalue weighted by atomic mass is 10.4. The first-order valence-electron chi connectivity index (χ1n) is 4.14. The normalized spacial score (nSPS) is 12.8. The Morgan fingerprint density at radius 3 is 2.92 bits per heavy atom. The minimum atomic E-state index is 0.502. The Balaban J connectivity index is 2.41. The molecule has 0 fully saturated rings. The van der Waals surface area contributed by atoms with Crippen LogP contribution in [-0.4, -0.2) is 23.8 Å². The average Bonchev–Trinajstić information content (AvgIpc) is 2.16. The van der Waals surface area contributed by atoms with Crippen molar-refractivity contribution in [2.45, 2.75) is 18.0 Å². The third-order valence-electron chi connectivity index (χ3n) is 1.67. The number of aromatic nitrogens is 1. The summed E-state index contributed by atoms with van der Waals surface area (Å²) in [7, 11) is 1.96. The summed E-state index contributed by atoms with van der Waals surface area (Å²) in [6.45, 7) is 2.14. The molecule has 0 aliphatic carbocycles. The van der Waals surface area contributed by atoms with Crippen LogP contribution >= 0.6 is 23.4 Å². The lowest BCUT2D eigenvalue weighted by Crippen LogP contribution is -2.23. The molecule has 1 aromatic heterocycles. The first-order chi connectivity index (χ1) is 6.22. The van der Waals surface area contributed by atoms with E-state index >= 15 is 0 Å². The van der Waals surface area contributed by atoms with E-state index in [9.17, 15) is 0 Å².